The van der Waals surface area contributed by atoms with Crippen molar-refractivity contribution in [2.24, 2.45) is 5.92 Å². The molecule has 2 fully saturated rings. The second-order valence-electron chi connectivity index (χ2n) is 8.26. The van der Waals surface area contributed by atoms with Crippen LogP contribution in [-0.4, -0.2) is 50.6 Å². The lowest BCUT2D eigenvalue weighted by Crippen LogP contribution is -2.57. The Labute approximate surface area is 184 Å². The van der Waals surface area contributed by atoms with E-state index in [2.05, 4.69) is 10.3 Å². The number of carboxylic acids is 1. The van der Waals surface area contributed by atoms with E-state index in [9.17, 15) is 19.2 Å². The largest absolute Gasteiger partial charge is 0.480 e. The van der Waals surface area contributed by atoms with Gasteiger partial charge in [0, 0.05) is 25.2 Å². The number of hydrogen-bond acceptors (Lipinski definition) is 6. The smallest absolute Gasteiger partial charge is 0.322 e. The molecule has 2 amide bonds. The highest BCUT2D eigenvalue weighted by molar-refractivity contribution is 6.20. The highest BCUT2D eigenvalue weighted by atomic mass is 16.5. The number of aromatic nitrogens is 1. The number of nitrogens with one attached hydrogen (secondary N) is 1. The van der Waals surface area contributed by atoms with E-state index in [0.717, 1.165) is 11.1 Å². The molecule has 2 aliphatic rings. The molecule has 9 nitrogen and oxygen atoms in total. The van der Waals surface area contributed by atoms with E-state index in [4.69, 9.17) is 9.84 Å². The van der Waals surface area contributed by atoms with E-state index < -0.39 is 41.6 Å². The fraction of sp³-hybridized carbons (Fsp3) is 0.348. The van der Waals surface area contributed by atoms with Crippen molar-refractivity contribution in [2.45, 2.75) is 38.3 Å². The van der Waals surface area contributed by atoms with Crippen molar-refractivity contribution in [2.75, 3.05) is 6.54 Å². The van der Waals surface area contributed by atoms with Crippen LogP contribution in [-0.2, 0) is 25.7 Å². The first-order valence-electron chi connectivity index (χ1n) is 10.3. The third-order valence-electron chi connectivity index (χ3n) is 5.80. The highest BCUT2D eigenvalue weighted by Gasteiger charge is 2.58. The Hall–Kier alpha value is -3.75. The van der Waals surface area contributed by atoms with E-state index in [-0.39, 0.29) is 13.0 Å². The molecule has 1 aromatic heterocycles. The molecule has 1 aromatic carbocycles. The molecule has 1 saturated carbocycles. The van der Waals surface area contributed by atoms with Gasteiger partial charge in [-0.3, -0.25) is 19.2 Å². The van der Waals surface area contributed by atoms with Gasteiger partial charge in [0.1, 0.15) is 12.3 Å². The molecule has 0 bridgehead atoms. The van der Waals surface area contributed by atoms with Gasteiger partial charge >= 0.3 is 5.97 Å². The van der Waals surface area contributed by atoms with Crippen LogP contribution in [0, 0.1) is 12.8 Å². The zero-order valence-corrected chi connectivity index (χ0v) is 17.5. The molecule has 1 aliphatic carbocycles. The summed E-state index contributed by atoms with van der Waals surface area (Å²) in [5, 5.41) is 10.9. The maximum atomic E-state index is 13.1. The van der Waals surface area contributed by atoms with Crippen LogP contribution in [0.4, 0.5) is 0 Å². The van der Waals surface area contributed by atoms with E-state index in [0.29, 0.717) is 24.5 Å². The molecule has 0 radical (unpaired) electrons. The number of nitrogens with zero attached hydrogens (tertiary/aromatic N) is 2. The fourth-order valence-corrected chi connectivity index (χ4v) is 3.88. The molecule has 1 spiro atoms. The van der Waals surface area contributed by atoms with Crippen LogP contribution < -0.4 is 10.1 Å². The van der Waals surface area contributed by atoms with Gasteiger partial charge in [-0.2, -0.15) is 0 Å². The average Bonchev–Trinajstić information content (AvgIpc) is 3.52. The number of benzene rings is 1. The van der Waals surface area contributed by atoms with Crippen LogP contribution in [0.5, 0.6) is 11.6 Å². The Bertz CT molecular complexity index is 1060. The van der Waals surface area contributed by atoms with E-state index in [1.807, 2.05) is 31.2 Å². The van der Waals surface area contributed by atoms with Gasteiger partial charge in [-0.05, 0) is 37.5 Å². The number of carbonyl (C=O) groups excluding carboxylic acids is 3. The molecule has 2 heterocycles. The number of piperidine rings is 1. The quantitative estimate of drug-likeness (QED) is 0.633. The molecule has 9 heteroatoms. The number of likely N-dealkylation sites (tertiary alicyclic amines) is 1. The second-order valence-corrected chi connectivity index (χ2v) is 8.26. The number of pyridine rings is 1. The number of aryl methyl sites for hydroxylation is 1. The van der Waals surface area contributed by atoms with E-state index in [1.165, 1.54) is 0 Å². The lowest BCUT2D eigenvalue weighted by atomic mass is 9.87. The third kappa shape index (κ3) is 4.46. The molecular formula is C23H23N3O6. The number of carboxylic acid groups (broad SMARTS) is 1. The second kappa shape index (κ2) is 8.41. The maximum Gasteiger partial charge on any atom is 0.322 e. The number of carbonyl (C=O) groups is 4. The minimum atomic E-state index is -1.52. The number of Topliss-reactive ketones (excluding diaryl/α,β-unsaturated/α-hetero) is 1. The molecule has 2 aromatic rings. The molecule has 32 heavy (non-hydrogen) atoms. The predicted octanol–water partition coefficient (Wildman–Crippen LogP) is 1.83. The summed E-state index contributed by atoms with van der Waals surface area (Å²) in [5.41, 5.74) is 1.30. The maximum absolute atomic E-state index is 13.1. The lowest BCUT2D eigenvalue weighted by Gasteiger charge is -2.38. The molecule has 4 rings (SSSR count). The van der Waals surface area contributed by atoms with Crippen molar-refractivity contribution < 1.29 is 29.0 Å². The van der Waals surface area contributed by atoms with Crippen LogP contribution in [0.15, 0.2) is 42.6 Å². The Morgan fingerprint density at radius 2 is 1.91 bits per heavy atom. The van der Waals surface area contributed by atoms with Gasteiger partial charge in [0.05, 0.1) is 5.54 Å². The Morgan fingerprint density at radius 3 is 2.50 bits per heavy atom. The normalized spacial score (nSPS) is 19.0. The van der Waals surface area contributed by atoms with Crippen LogP contribution in [0.1, 0.15) is 30.4 Å². The Kier molecular flexibility index (Phi) is 5.65. The summed E-state index contributed by atoms with van der Waals surface area (Å²) in [4.78, 5) is 54.5. The minimum Gasteiger partial charge on any atom is -0.480 e. The summed E-state index contributed by atoms with van der Waals surface area (Å²) in [7, 11) is 0. The van der Waals surface area contributed by atoms with Gasteiger partial charge in [0.15, 0.2) is 11.7 Å². The molecule has 166 valence electrons. The standard InChI is InChI=1S/C23H23N3O6/c1-14-2-5-16(6-3-14)32-18-7-4-15(11-24-18)13-26-22(31)20(21(30)25-12-19(28)29)17(27)10-23(26)8-9-23/h2-7,11,20H,8-10,12-13H2,1H3,(H,25,30)(H,28,29). The van der Waals surface area contributed by atoms with Gasteiger partial charge in [0.2, 0.25) is 17.7 Å². The number of hydrogen-bond donors (Lipinski definition) is 2. The highest BCUT2D eigenvalue weighted by Crippen LogP contribution is 2.49. The van der Waals surface area contributed by atoms with Crippen LogP contribution in [0.25, 0.3) is 0 Å². The first-order valence-corrected chi connectivity index (χ1v) is 10.3. The van der Waals surface area contributed by atoms with Crippen molar-refractivity contribution in [1.29, 1.82) is 0 Å². The Morgan fingerprint density at radius 1 is 1.19 bits per heavy atom. The minimum absolute atomic E-state index is 0.0892. The van der Waals surface area contributed by atoms with Crippen LogP contribution in [0.2, 0.25) is 0 Å². The van der Waals surface area contributed by atoms with Crippen LogP contribution >= 0.6 is 0 Å². The summed E-state index contributed by atoms with van der Waals surface area (Å²) >= 11 is 0. The molecule has 1 saturated heterocycles. The summed E-state index contributed by atoms with van der Waals surface area (Å²) in [6.45, 7) is 1.54. The van der Waals surface area contributed by atoms with E-state index in [1.54, 1.807) is 23.2 Å². The number of ether oxygens (including phenoxy) is 1. The topological polar surface area (TPSA) is 126 Å². The monoisotopic (exact) mass is 437 g/mol. The van der Waals surface area contributed by atoms with Gasteiger partial charge in [0.25, 0.3) is 0 Å². The van der Waals surface area contributed by atoms with Gasteiger partial charge in [-0.25, -0.2) is 4.98 Å². The summed E-state index contributed by atoms with van der Waals surface area (Å²) in [6, 6.07) is 11.1. The molecule has 2 N–H and O–H groups in total. The fourth-order valence-electron chi connectivity index (χ4n) is 3.88. The average molecular weight is 437 g/mol. The molecule has 1 aliphatic heterocycles. The predicted molar refractivity (Wildman–Crippen MR) is 112 cm³/mol. The summed E-state index contributed by atoms with van der Waals surface area (Å²) in [6.07, 6.45) is 3.07. The summed E-state index contributed by atoms with van der Waals surface area (Å²) in [5.74, 6) is -3.63. The van der Waals surface area contributed by atoms with Crippen molar-refractivity contribution in [3.05, 3.63) is 53.7 Å². The zero-order valence-electron chi connectivity index (χ0n) is 17.5. The van der Waals surface area contributed by atoms with Gasteiger partial charge in [-0.1, -0.05) is 23.8 Å². The third-order valence-corrected chi connectivity index (χ3v) is 5.80. The molecule has 1 unspecified atom stereocenters. The zero-order chi connectivity index (χ0) is 22.9. The number of rotatable bonds is 7. The van der Waals surface area contributed by atoms with Crippen molar-refractivity contribution in [1.82, 2.24) is 15.2 Å². The van der Waals surface area contributed by atoms with Crippen molar-refractivity contribution >= 4 is 23.6 Å². The summed E-state index contributed by atoms with van der Waals surface area (Å²) < 4.78 is 5.72. The SMILES string of the molecule is Cc1ccc(Oc2ccc(CN3C(=O)C(C(=O)NCC(=O)O)C(=O)CC34CC4)cn2)cc1. The number of ketones is 1. The van der Waals surface area contributed by atoms with Gasteiger partial charge in [-0.15, -0.1) is 0 Å². The molecular weight excluding hydrogens is 414 g/mol. The lowest BCUT2D eigenvalue weighted by molar-refractivity contribution is -0.156. The van der Waals surface area contributed by atoms with Crippen LogP contribution in [0.3, 0.4) is 0 Å². The van der Waals surface area contributed by atoms with E-state index >= 15 is 0 Å². The first kappa shape index (κ1) is 21.5. The van der Waals surface area contributed by atoms with Crippen molar-refractivity contribution in [3.8, 4) is 11.6 Å². The number of amides is 2. The Balaban J connectivity index is 1.46. The van der Waals surface area contributed by atoms with Crippen molar-refractivity contribution in [3.63, 3.8) is 0 Å². The molecule has 1 atom stereocenters. The van der Waals surface area contributed by atoms with Gasteiger partial charge < -0.3 is 20.1 Å². The number of aliphatic carboxylic acids is 1. The first-order chi connectivity index (χ1) is 15.3.